The molecule has 4 rings (SSSR count). The van der Waals surface area contributed by atoms with Gasteiger partial charge in [0.15, 0.2) is 4.32 Å². The Labute approximate surface area is 196 Å². The summed E-state index contributed by atoms with van der Waals surface area (Å²) in [4.78, 5) is 17.2. The third-order valence-corrected chi connectivity index (χ3v) is 7.24. The molecule has 0 bridgehead atoms. The quantitative estimate of drug-likeness (QED) is 0.370. The molecule has 2 aliphatic heterocycles. The molecule has 32 heavy (non-hydrogen) atoms. The Morgan fingerprint density at radius 2 is 1.81 bits per heavy atom. The van der Waals surface area contributed by atoms with E-state index in [1.807, 2.05) is 41.3 Å². The number of thiocarbonyl (C=S) groups is 1. The van der Waals surface area contributed by atoms with E-state index < -0.39 is 10.1 Å². The summed E-state index contributed by atoms with van der Waals surface area (Å²) < 4.78 is 37.2. The van der Waals surface area contributed by atoms with Gasteiger partial charge in [-0.25, -0.2) is 0 Å². The summed E-state index contributed by atoms with van der Waals surface area (Å²) in [6.45, 7) is 0.309. The fourth-order valence-corrected chi connectivity index (χ4v) is 5.43. The van der Waals surface area contributed by atoms with Gasteiger partial charge < -0.3 is 9.64 Å². The van der Waals surface area contributed by atoms with Crippen molar-refractivity contribution in [2.45, 2.75) is 6.42 Å². The molecular formula is C22H20N2O5S3. The number of carbonyl (C=O) groups is 1. The van der Waals surface area contributed by atoms with Crippen molar-refractivity contribution in [3.63, 3.8) is 0 Å². The average molecular weight is 489 g/mol. The number of allylic oxidation sites excluding steroid dienone is 1. The summed E-state index contributed by atoms with van der Waals surface area (Å²) in [5.41, 5.74) is 3.10. The summed E-state index contributed by atoms with van der Waals surface area (Å²) >= 11 is 6.71. The van der Waals surface area contributed by atoms with Gasteiger partial charge in [0.25, 0.3) is 16.0 Å². The van der Waals surface area contributed by atoms with Crippen LogP contribution in [0.4, 0.5) is 11.4 Å². The van der Waals surface area contributed by atoms with Gasteiger partial charge in [0.1, 0.15) is 10.7 Å². The normalized spacial score (nSPS) is 18.3. The Kier molecular flexibility index (Phi) is 6.38. The van der Waals surface area contributed by atoms with Crippen molar-refractivity contribution in [3.05, 3.63) is 70.8 Å². The van der Waals surface area contributed by atoms with E-state index in [1.165, 1.54) is 16.7 Å². The highest BCUT2D eigenvalue weighted by Gasteiger charge is 2.37. The number of fused-ring (bicyclic) bond motifs is 1. The van der Waals surface area contributed by atoms with Gasteiger partial charge in [-0.05, 0) is 48.4 Å². The predicted molar refractivity (Wildman–Crippen MR) is 132 cm³/mol. The predicted octanol–water partition coefficient (Wildman–Crippen LogP) is 4.08. The minimum atomic E-state index is -4.08. The first-order valence-electron chi connectivity index (χ1n) is 9.73. The molecule has 1 N–H and O–H groups in total. The number of rotatable bonds is 6. The summed E-state index contributed by atoms with van der Waals surface area (Å²) in [6.07, 6.45) is 3.96. The zero-order chi connectivity index (χ0) is 22.9. The lowest BCUT2D eigenvalue weighted by Crippen LogP contribution is -2.31. The first kappa shape index (κ1) is 22.5. The van der Waals surface area contributed by atoms with Crippen LogP contribution in [0.15, 0.2) is 65.2 Å². The molecule has 2 heterocycles. The minimum Gasteiger partial charge on any atom is -0.497 e. The van der Waals surface area contributed by atoms with E-state index in [-0.39, 0.29) is 18.1 Å². The maximum absolute atomic E-state index is 13.4. The van der Waals surface area contributed by atoms with Crippen LogP contribution in [0.1, 0.15) is 12.0 Å². The fourth-order valence-electron chi connectivity index (χ4n) is 3.58. The van der Waals surface area contributed by atoms with Crippen molar-refractivity contribution >= 4 is 61.8 Å². The number of amides is 1. The van der Waals surface area contributed by atoms with Crippen LogP contribution in [-0.4, -0.2) is 42.6 Å². The largest absolute Gasteiger partial charge is 0.497 e. The molecule has 166 valence electrons. The Balaban J connectivity index is 1.70. The third-order valence-electron chi connectivity index (χ3n) is 5.06. The molecule has 0 saturated carbocycles. The number of anilines is 2. The molecule has 1 fully saturated rings. The smallest absolute Gasteiger partial charge is 0.272 e. The molecular weight excluding hydrogens is 468 g/mol. The van der Waals surface area contributed by atoms with Crippen LogP contribution in [0.2, 0.25) is 0 Å². The second kappa shape index (κ2) is 9.07. The van der Waals surface area contributed by atoms with Crippen molar-refractivity contribution in [1.82, 2.24) is 0 Å². The van der Waals surface area contributed by atoms with Gasteiger partial charge in [-0.1, -0.05) is 48.3 Å². The molecule has 10 heteroatoms. The van der Waals surface area contributed by atoms with Gasteiger partial charge >= 0.3 is 0 Å². The standard InChI is InChI=1S/C22H20N2O5S3/c1-29-17-10-8-16(9-11-17)24-21(25)20(31-22(24)30)19-12-7-15-5-2-3-6-18(15)23(19)13-4-14-32(26,27)28/h2-3,5-12H,4,13-14H2,1H3,(H,26,27,28)/b20-19-. The van der Waals surface area contributed by atoms with E-state index in [1.54, 1.807) is 31.4 Å². The van der Waals surface area contributed by atoms with Crippen LogP contribution in [0.25, 0.3) is 6.08 Å². The van der Waals surface area contributed by atoms with E-state index in [4.69, 9.17) is 21.5 Å². The number of nitrogens with zero attached hydrogens (tertiary/aromatic N) is 2. The average Bonchev–Trinajstić information content (AvgIpc) is 3.06. The Morgan fingerprint density at radius 3 is 2.50 bits per heavy atom. The molecule has 0 aliphatic carbocycles. The summed E-state index contributed by atoms with van der Waals surface area (Å²) in [6, 6.07) is 14.7. The number of para-hydroxylation sites is 1. The van der Waals surface area contributed by atoms with Crippen LogP contribution in [0.3, 0.4) is 0 Å². The number of thioether (sulfide) groups is 1. The van der Waals surface area contributed by atoms with Gasteiger partial charge in [-0.15, -0.1) is 0 Å². The van der Waals surface area contributed by atoms with E-state index in [9.17, 15) is 13.2 Å². The lowest BCUT2D eigenvalue weighted by atomic mass is 10.0. The van der Waals surface area contributed by atoms with Crippen molar-refractivity contribution in [1.29, 1.82) is 0 Å². The molecule has 0 spiro atoms. The molecule has 0 aromatic heterocycles. The number of ether oxygens (including phenoxy) is 1. The van der Waals surface area contributed by atoms with Crippen LogP contribution in [0.5, 0.6) is 5.75 Å². The summed E-state index contributed by atoms with van der Waals surface area (Å²) in [5.74, 6) is 0.0634. The van der Waals surface area contributed by atoms with Crippen LogP contribution in [0, 0.1) is 0 Å². The van der Waals surface area contributed by atoms with E-state index >= 15 is 0 Å². The molecule has 0 radical (unpaired) electrons. The van der Waals surface area contributed by atoms with E-state index in [2.05, 4.69) is 0 Å². The third kappa shape index (κ3) is 4.58. The maximum atomic E-state index is 13.4. The van der Waals surface area contributed by atoms with Gasteiger partial charge in [0, 0.05) is 12.2 Å². The van der Waals surface area contributed by atoms with Crippen LogP contribution in [-0.2, 0) is 14.9 Å². The van der Waals surface area contributed by atoms with E-state index in [0.29, 0.717) is 32.9 Å². The molecule has 2 aliphatic rings. The van der Waals surface area contributed by atoms with Crippen molar-refractivity contribution in [2.75, 3.05) is 29.2 Å². The van der Waals surface area contributed by atoms with Crippen molar-refractivity contribution in [2.24, 2.45) is 0 Å². The molecule has 0 unspecified atom stereocenters. The lowest BCUT2D eigenvalue weighted by Gasteiger charge is -2.31. The number of benzene rings is 2. The second-order valence-corrected chi connectivity index (χ2v) is 10.3. The highest BCUT2D eigenvalue weighted by atomic mass is 32.2. The number of hydrogen-bond acceptors (Lipinski definition) is 7. The zero-order valence-electron chi connectivity index (χ0n) is 17.1. The summed E-state index contributed by atoms with van der Waals surface area (Å²) in [7, 11) is -2.51. The highest BCUT2D eigenvalue weighted by molar-refractivity contribution is 8.27. The molecule has 2 aromatic rings. The minimum absolute atomic E-state index is 0.198. The molecule has 0 atom stereocenters. The summed E-state index contributed by atoms with van der Waals surface area (Å²) in [5, 5.41) is 0. The maximum Gasteiger partial charge on any atom is 0.272 e. The van der Waals surface area contributed by atoms with Gasteiger partial charge in [-0.2, -0.15) is 8.42 Å². The van der Waals surface area contributed by atoms with Crippen molar-refractivity contribution < 1.29 is 22.5 Å². The van der Waals surface area contributed by atoms with E-state index in [0.717, 1.165) is 11.3 Å². The molecule has 1 amide bonds. The number of methoxy groups -OCH3 is 1. The first-order chi connectivity index (χ1) is 15.3. The highest BCUT2D eigenvalue weighted by Crippen LogP contribution is 2.41. The molecule has 2 aromatic carbocycles. The number of hydrogen-bond donors (Lipinski definition) is 1. The Hall–Kier alpha value is -2.66. The lowest BCUT2D eigenvalue weighted by molar-refractivity contribution is -0.113. The first-order valence-corrected chi connectivity index (χ1v) is 12.6. The SMILES string of the molecule is COc1ccc(N2C(=O)/C(=C3\C=Cc4ccccc4N3CCCS(=O)(=O)O)SC2=S)cc1. The fraction of sp³-hybridized carbons (Fsp3) is 0.182. The second-order valence-electron chi connectivity index (χ2n) is 7.10. The van der Waals surface area contributed by atoms with Crippen LogP contribution >= 0.6 is 24.0 Å². The van der Waals surface area contributed by atoms with Crippen LogP contribution < -0.4 is 14.5 Å². The van der Waals surface area contributed by atoms with Crippen molar-refractivity contribution in [3.8, 4) is 5.75 Å². The van der Waals surface area contributed by atoms with Gasteiger partial charge in [-0.3, -0.25) is 14.2 Å². The molecule has 7 nitrogen and oxygen atoms in total. The zero-order valence-corrected chi connectivity index (χ0v) is 19.5. The van der Waals surface area contributed by atoms with Gasteiger partial charge in [0.05, 0.1) is 24.2 Å². The van der Waals surface area contributed by atoms with Gasteiger partial charge in [0.2, 0.25) is 0 Å². The molecule has 1 saturated heterocycles. The number of carbonyl (C=O) groups excluding carboxylic acids is 1. The topological polar surface area (TPSA) is 87.2 Å². The monoisotopic (exact) mass is 488 g/mol. The Bertz CT molecular complexity index is 1240. The Morgan fingerprint density at radius 1 is 1.09 bits per heavy atom.